The topological polar surface area (TPSA) is 87.9 Å². The van der Waals surface area contributed by atoms with Crippen molar-refractivity contribution in [2.45, 2.75) is 32.9 Å². The summed E-state index contributed by atoms with van der Waals surface area (Å²) in [4.78, 5) is 17.3. The fourth-order valence-electron chi connectivity index (χ4n) is 1.21. The molecule has 0 aliphatic rings. The molecule has 0 bridgehead atoms. The molecule has 0 aliphatic carbocycles. The Morgan fingerprint density at radius 1 is 1.67 bits per heavy atom. The van der Waals surface area contributed by atoms with Gasteiger partial charge in [-0.25, -0.2) is 4.98 Å². The van der Waals surface area contributed by atoms with Gasteiger partial charge in [0.15, 0.2) is 5.82 Å². The second kappa shape index (κ2) is 4.88. The molecule has 1 unspecified atom stereocenters. The van der Waals surface area contributed by atoms with E-state index in [0.717, 1.165) is 5.82 Å². The van der Waals surface area contributed by atoms with Crippen molar-refractivity contribution in [2.24, 2.45) is 5.73 Å². The Labute approximate surface area is 88.9 Å². The fraction of sp³-hybridized carbons (Fsp3) is 0.667. The van der Waals surface area contributed by atoms with Crippen LogP contribution in [0.25, 0.3) is 0 Å². The molecule has 1 amide bonds. The summed E-state index contributed by atoms with van der Waals surface area (Å²) in [7, 11) is 1.70. The van der Waals surface area contributed by atoms with Crippen LogP contribution >= 0.6 is 0 Å². The Morgan fingerprint density at radius 2 is 2.33 bits per heavy atom. The first-order valence-electron chi connectivity index (χ1n) is 4.93. The fourth-order valence-corrected chi connectivity index (χ4v) is 1.21. The highest BCUT2D eigenvalue weighted by Crippen LogP contribution is 2.00. The van der Waals surface area contributed by atoms with Crippen molar-refractivity contribution >= 4 is 5.91 Å². The van der Waals surface area contributed by atoms with Crippen molar-refractivity contribution in [1.82, 2.24) is 20.1 Å². The minimum atomic E-state index is -0.435. The summed E-state index contributed by atoms with van der Waals surface area (Å²) >= 11 is 0. The minimum absolute atomic E-state index is 0.0834. The predicted octanol–water partition coefficient (Wildman–Crippen LogP) is -0.191. The second-order valence-corrected chi connectivity index (χ2v) is 3.55. The van der Waals surface area contributed by atoms with Crippen molar-refractivity contribution in [3.8, 4) is 0 Å². The van der Waals surface area contributed by atoms with E-state index in [9.17, 15) is 4.79 Å². The van der Waals surface area contributed by atoms with E-state index in [4.69, 9.17) is 5.73 Å². The van der Waals surface area contributed by atoms with Gasteiger partial charge in [-0.05, 0) is 13.3 Å². The van der Waals surface area contributed by atoms with Gasteiger partial charge in [0.2, 0.25) is 5.91 Å². The number of aromatic nitrogens is 3. The molecule has 0 fully saturated rings. The van der Waals surface area contributed by atoms with Crippen molar-refractivity contribution in [3.63, 3.8) is 0 Å². The molecule has 6 heteroatoms. The molecular weight excluding hydrogens is 194 g/mol. The number of aromatic amines is 1. The standard InChI is InChI=1S/C9H17N5O/c1-4-7(10)9(15)14(3)5-8-11-6(2)12-13-8/h7H,4-5,10H2,1-3H3,(H,11,12,13). The van der Waals surface area contributed by atoms with E-state index in [1.807, 2.05) is 13.8 Å². The third-order valence-electron chi connectivity index (χ3n) is 2.16. The van der Waals surface area contributed by atoms with Gasteiger partial charge in [0, 0.05) is 7.05 Å². The van der Waals surface area contributed by atoms with E-state index < -0.39 is 6.04 Å². The summed E-state index contributed by atoms with van der Waals surface area (Å²) in [6.07, 6.45) is 0.635. The highest BCUT2D eigenvalue weighted by molar-refractivity contribution is 5.81. The van der Waals surface area contributed by atoms with Crippen molar-refractivity contribution in [3.05, 3.63) is 11.6 Å². The molecule has 0 spiro atoms. The van der Waals surface area contributed by atoms with E-state index in [1.165, 1.54) is 4.90 Å². The molecule has 3 N–H and O–H groups in total. The third kappa shape index (κ3) is 3.02. The van der Waals surface area contributed by atoms with Crippen LogP contribution in [-0.2, 0) is 11.3 Å². The van der Waals surface area contributed by atoms with Gasteiger partial charge in [-0.1, -0.05) is 6.92 Å². The summed E-state index contributed by atoms with van der Waals surface area (Å²) in [6.45, 7) is 4.08. The van der Waals surface area contributed by atoms with Gasteiger partial charge < -0.3 is 10.6 Å². The van der Waals surface area contributed by atoms with Gasteiger partial charge in [-0.2, -0.15) is 5.10 Å². The summed E-state index contributed by atoms with van der Waals surface area (Å²) < 4.78 is 0. The lowest BCUT2D eigenvalue weighted by atomic mass is 10.2. The minimum Gasteiger partial charge on any atom is -0.337 e. The largest absolute Gasteiger partial charge is 0.337 e. The normalized spacial score (nSPS) is 12.5. The molecule has 15 heavy (non-hydrogen) atoms. The summed E-state index contributed by atoms with van der Waals surface area (Å²) in [5, 5.41) is 6.68. The Bertz CT molecular complexity index is 335. The number of hydrogen-bond acceptors (Lipinski definition) is 4. The van der Waals surface area contributed by atoms with Crippen LogP contribution < -0.4 is 5.73 Å². The van der Waals surface area contributed by atoms with Crippen LogP contribution in [0.3, 0.4) is 0 Å². The summed E-state index contributed by atoms with van der Waals surface area (Å²) in [5.41, 5.74) is 5.64. The highest BCUT2D eigenvalue weighted by Gasteiger charge is 2.17. The van der Waals surface area contributed by atoms with Gasteiger partial charge in [0.1, 0.15) is 5.82 Å². The van der Waals surface area contributed by atoms with E-state index in [1.54, 1.807) is 7.05 Å². The quantitative estimate of drug-likeness (QED) is 0.722. The Balaban J connectivity index is 2.55. The van der Waals surface area contributed by atoms with Crippen molar-refractivity contribution < 1.29 is 4.79 Å². The molecule has 0 saturated carbocycles. The van der Waals surface area contributed by atoms with Crippen LogP contribution in [0.2, 0.25) is 0 Å². The maximum absolute atomic E-state index is 11.6. The van der Waals surface area contributed by atoms with Crippen LogP contribution in [0.5, 0.6) is 0 Å². The maximum Gasteiger partial charge on any atom is 0.239 e. The number of H-pyrrole nitrogens is 1. The van der Waals surface area contributed by atoms with Gasteiger partial charge in [0.25, 0.3) is 0 Å². The number of nitrogens with two attached hydrogens (primary N) is 1. The van der Waals surface area contributed by atoms with E-state index in [-0.39, 0.29) is 5.91 Å². The van der Waals surface area contributed by atoms with Crippen LogP contribution in [0.1, 0.15) is 25.0 Å². The average molecular weight is 211 g/mol. The molecule has 0 saturated heterocycles. The Morgan fingerprint density at radius 3 is 2.80 bits per heavy atom. The maximum atomic E-state index is 11.6. The summed E-state index contributed by atoms with van der Waals surface area (Å²) in [6, 6.07) is -0.435. The molecule has 0 aliphatic heterocycles. The van der Waals surface area contributed by atoms with Crippen LogP contribution in [0, 0.1) is 6.92 Å². The third-order valence-corrected chi connectivity index (χ3v) is 2.16. The molecule has 0 aromatic carbocycles. The van der Waals surface area contributed by atoms with E-state index in [2.05, 4.69) is 15.2 Å². The first-order chi connectivity index (χ1) is 7.04. The number of nitrogens with zero attached hydrogens (tertiary/aromatic N) is 3. The smallest absolute Gasteiger partial charge is 0.239 e. The number of likely N-dealkylation sites (N-methyl/N-ethyl adjacent to an activating group) is 1. The lowest BCUT2D eigenvalue weighted by Crippen LogP contribution is -2.41. The zero-order valence-corrected chi connectivity index (χ0v) is 9.32. The lowest BCUT2D eigenvalue weighted by molar-refractivity contribution is -0.131. The molecular formula is C9H17N5O. The second-order valence-electron chi connectivity index (χ2n) is 3.55. The monoisotopic (exact) mass is 211 g/mol. The van der Waals surface area contributed by atoms with E-state index >= 15 is 0 Å². The van der Waals surface area contributed by atoms with Crippen LogP contribution in [-0.4, -0.2) is 39.1 Å². The molecule has 1 atom stereocenters. The van der Waals surface area contributed by atoms with Gasteiger partial charge >= 0.3 is 0 Å². The number of carbonyl (C=O) groups excluding carboxylic acids is 1. The number of rotatable bonds is 4. The lowest BCUT2D eigenvalue weighted by Gasteiger charge is -2.18. The molecule has 1 aromatic heterocycles. The van der Waals surface area contributed by atoms with Gasteiger partial charge in [0.05, 0.1) is 12.6 Å². The average Bonchev–Trinajstić information content (AvgIpc) is 2.61. The molecule has 1 heterocycles. The zero-order valence-electron chi connectivity index (χ0n) is 9.32. The zero-order chi connectivity index (χ0) is 11.4. The van der Waals surface area contributed by atoms with Crippen molar-refractivity contribution in [2.75, 3.05) is 7.05 Å². The number of amides is 1. The molecule has 6 nitrogen and oxygen atoms in total. The van der Waals surface area contributed by atoms with Crippen molar-refractivity contribution in [1.29, 1.82) is 0 Å². The first kappa shape index (κ1) is 11.6. The number of hydrogen-bond donors (Lipinski definition) is 2. The molecule has 84 valence electrons. The molecule has 0 radical (unpaired) electrons. The highest BCUT2D eigenvalue weighted by atomic mass is 16.2. The Kier molecular flexibility index (Phi) is 3.79. The van der Waals surface area contributed by atoms with Crippen LogP contribution in [0.15, 0.2) is 0 Å². The number of aryl methyl sites for hydroxylation is 1. The number of carbonyl (C=O) groups is 1. The Hall–Kier alpha value is -1.43. The molecule has 1 aromatic rings. The van der Waals surface area contributed by atoms with E-state index in [0.29, 0.717) is 18.8 Å². The first-order valence-corrected chi connectivity index (χ1v) is 4.93. The summed E-state index contributed by atoms with van der Waals surface area (Å²) in [5.74, 6) is 1.26. The van der Waals surface area contributed by atoms with Gasteiger partial charge in [-0.15, -0.1) is 0 Å². The predicted molar refractivity (Wildman–Crippen MR) is 55.9 cm³/mol. The SMILES string of the molecule is CCC(N)C(=O)N(C)Cc1n[nH]c(C)n1. The molecule has 1 rings (SSSR count). The van der Waals surface area contributed by atoms with Crippen LogP contribution in [0.4, 0.5) is 0 Å². The number of nitrogens with one attached hydrogen (secondary N) is 1. The van der Waals surface area contributed by atoms with Gasteiger partial charge in [-0.3, -0.25) is 9.89 Å².